The van der Waals surface area contributed by atoms with Crippen LogP contribution in [0.4, 0.5) is 5.69 Å². The number of nitrogens with one attached hydrogen (secondary N) is 1. The molecule has 94 valence electrons. The molecule has 2 aromatic rings. The average Bonchev–Trinajstić information content (AvgIpc) is 2.48. The van der Waals surface area contributed by atoms with Crippen LogP contribution in [0, 0.1) is 0 Å². The first-order chi connectivity index (χ1) is 9.28. The van der Waals surface area contributed by atoms with E-state index in [1.165, 1.54) is 22.3 Å². The van der Waals surface area contributed by atoms with E-state index in [2.05, 4.69) is 66.5 Å². The van der Waals surface area contributed by atoms with Crippen molar-refractivity contribution in [2.45, 2.75) is 6.42 Å². The zero-order valence-electron chi connectivity index (χ0n) is 11.1. The molecule has 1 heteroatoms. The molecule has 0 spiro atoms. The second kappa shape index (κ2) is 4.77. The van der Waals surface area contributed by atoms with E-state index in [-0.39, 0.29) is 0 Å². The highest BCUT2D eigenvalue weighted by Crippen LogP contribution is 2.34. The highest BCUT2D eigenvalue weighted by molar-refractivity contribution is 5.89. The monoisotopic (exact) mass is 247 g/mol. The van der Waals surface area contributed by atoms with Gasteiger partial charge in [-0.05, 0) is 46.4 Å². The first-order valence-electron chi connectivity index (χ1n) is 6.54. The van der Waals surface area contributed by atoms with E-state index in [1.807, 2.05) is 7.05 Å². The molecule has 3 rings (SSSR count). The number of allylic oxidation sites excluding steroid dienone is 3. The Hall–Kier alpha value is -2.28. The highest BCUT2D eigenvalue weighted by Gasteiger charge is 2.15. The van der Waals surface area contributed by atoms with Crippen molar-refractivity contribution in [2.75, 3.05) is 12.4 Å². The third-order valence-electron chi connectivity index (χ3n) is 3.62. The molecule has 1 N–H and O–H groups in total. The van der Waals surface area contributed by atoms with Crippen LogP contribution in [0.3, 0.4) is 0 Å². The number of fused-ring (bicyclic) bond motifs is 1. The quantitative estimate of drug-likeness (QED) is 0.830. The fourth-order valence-corrected chi connectivity index (χ4v) is 2.57. The molecule has 0 heterocycles. The van der Waals surface area contributed by atoms with Crippen LogP contribution in [0.25, 0.3) is 11.1 Å². The van der Waals surface area contributed by atoms with Gasteiger partial charge in [-0.3, -0.25) is 0 Å². The highest BCUT2D eigenvalue weighted by atomic mass is 14.8. The van der Waals surface area contributed by atoms with Crippen LogP contribution in [0.2, 0.25) is 0 Å². The van der Waals surface area contributed by atoms with Gasteiger partial charge in [0.1, 0.15) is 0 Å². The van der Waals surface area contributed by atoms with Crippen molar-refractivity contribution >= 4 is 16.8 Å². The van der Waals surface area contributed by atoms with Gasteiger partial charge >= 0.3 is 0 Å². The van der Waals surface area contributed by atoms with E-state index >= 15 is 0 Å². The fraction of sp³-hybridized carbons (Fsp3) is 0.111. The van der Waals surface area contributed by atoms with Crippen molar-refractivity contribution in [1.29, 1.82) is 0 Å². The van der Waals surface area contributed by atoms with Crippen molar-refractivity contribution in [3.05, 3.63) is 77.9 Å². The topological polar surface area (TPSA) is 12.0 Å². The Labute approximate surface area is 114 Å². The molecule has 2 aromatic carbocycles. The van der Waals surface area contributed by atoms with Crippen molar-refractivity contribution in [1.82, 2.24) is 0 Å². The minimum atomic E-state index is 0.975. The summed E-state index contributed by atoms with van der Waals surface area (Å²) >= 11 is 0. The van der Waals surface area contributed by atoms with Crippen molar-refractivity contribution < 1.29 is 0 Å². The molecular formula is C18H17N. The van der Waals surface area contributed by atoms with Gasteiger partial charge in [-0.1, -0.05) is 49.1 Å². The summed E-state index contributed by atoms with van der Waals surface area (Å²) in [6.07, 6.45) is 3.18. The van der Waals surface area contributed by atoms with Gasteiger partial charge < -0.3 is 5.32 Å². The van der Waals surface area contributed by atoms with Crippen LogP contribution in [0.15, 0.2) is 61.2 Å². The minimum Gasteiger partial charge on any atom is -0.388 e. The maximum atomic E-state index is 4.20. The molecular weight excluding hydrogens is 230 g/mol. The maximum absolute atomic E-state index is 4.20. The number of anilines is 1. The van der Waals surface area contributed by atoms with E-state index in [0.717, 1.165) is 17.7 Å². The van der Waals surface area contributed by atoms with Gasteiger partial charge in [0.25, 0.3) is 0 Å². The van der Waals surface area contributed by atoms with Gasteiger partial charge in [0, 0.05) is 12.7 Å². The number of hydrogen-bond donors (Lipinski definition) is 1. The third kappa shape index (κ3) is 2.19. The van der Waals surface area contributed by atoms with Gasteiger partial charge in [0.15, 0.2) is 0 Å². The molecule has 1 nitrogen and oxygen atoms in total. The lowest BCUT2D eigenvalue weighted by atomic mass is 9.85. The summed E-state index contributed by atoms with van der Waals surface area (Å²) in [7, 11) is 1.94. The summed E-state index contributed by atoms with van der Waals surface area (Å²) in [6, 6.07) is 17.0. The molecule has 0 amide bonds. The summed E-state index contributed by atoms with van der Waals surface area (Å²) in [5.74, 6) is 0. The molecule has 0 saturated carbocycles. The minimum absolute atomic E-state index is 0.975. The molecule has 0 fully saturated rings. The lowest BCUT2D eigenvalue weighted by molar-refractivity contribution is 1.24. The van der Waals surface area contributed by atoms with Gasteiger partial charge in [-0.15, -0.1) is 0 Å². The first-order valence-corrected chi connectivity index (χ1v) is 6.54. The maximum Gasteiger partial charge on any atom is 0.0343 e. The zero-order valence-corrected chi connectivity index (χ0v) is 11.1. The van der Waals surface area contributed by atoms with Crippen LogP contribution in [-0.2, 0) is 6.42 Å². The fourth-order valence-electron chi connectivity index (χ4n) is 2.57. The van der Waals surface area contributed by atoms with E-state index in [1.54, 1.807) is 0 Å². The molecule has 19 heavy (non-hydrogen) atoms. The van der Waals surface area contributed by atoms with Gasteiger partial charge in [0.05, 0.1) is 0 Å². The van der Waals surface area contributed by atoms with Crippen LogP contribution >= 0.6 is 0 Å². The molecule has 0 radical (unpaired) electrons. The molecule has 0 aromatic heterocycles. The standard InChI is InChI=1S/C18H17N/c1-13-10-16(14-6-4-3-5-7-14)11-15-8-9-17(19-2)12-18(13)15/h3-10,12,19H,1,11H2,2H3. The van der Waals surface area contributed by atoms with E-state index in [9.17, 15) is 0 Å². The second-order valence-electron chi connectivity index (χ2n) is 4.86. The molecule has 0 bridgehead atoms. The smallest absolute Gasteiger partial charge is 0.0343 e. The molecule has 0 atom stereocenters. The SMILES string of the molecule is C=C1C=C(c2ccccc2)Cc2ccc(NC)cc21. The number of benzene rings is 2. The summed E-state index contributed by atoms with van der Waals surface area (Å²) in [5.41, 5.74) is 7.47. The molecule has 0 unspecified atom stereocenters. The molecule has 1 aliphatic carbocycles. The zero-order chi connectivity index (χ0) is 13.2. The lowest BCUT2D eigenvalue weighted by Gasteiger charge is -2.20. The number of hydrogen-bond acceptors (Lipinski definition) is 1. The average molecular weight is 247 g/mol. The summed E-state index contributed by atoms with van der Waals surface area (Å²) in [4.78, 5) is 0. The van der Waals surface area contributed by atoms with Crippen molar-refractivity contribution in [3.63, 3.8) is 0 Å². The second-order valence-corrected chi connectivity index (χ2v) is 4.86. The van der Waals surface area contributed by atoms with E-state index < -0.39 is 0 Å². The van der Waals surface area contributed by atoms with Crippen LogP contribution < -0.4 is 5.32 Å². The van der Waals surface area contributed by atoms with Gasteiger partial charge in [0.2, 0.25) is 0 Å². The third-order valence-corrected chi connectivity index (χ3v) is 3.62. The molecule has 1 aliphatic rings. The van der Waals surface area contributed by atoms with Crippen molar-refractivity contribution in [3.8, 4) is 0 Å². The molecule has 0 saturated heterocycles. The van der Waals surface area contributed by atoms with Crippen LogP contribution in [0.5, 0.6) is 0 Å². The van der Waals surface area contributed by atoms with Crippen LogP contribution in [0.1, 0.15) is 16.7 Å². The Balaban J connectivity index is 2.01. The predicted octanol–water partition coefficient (Wildman–Crippen LogP) is 4.38. The Morgan fingerprint density at radius 1 is 1.05 bits per heavy atom. The summed E-state index contributed by atoms with van der Waals surface area (Å²) < 4.78 is 0. The molecule has 0 aliphatic heterocycles. The van der Waals surface area contributed by atoms with Gasteiger partial charge in [-0.2, -0.15) is 0 Å². The number of rotatable bonds is 2. The predicted molar refractivity (Wildman–Crippen MR) is 83.1 cm³/mol. The Morgan fingerprint density at radius 3 is 2.58 bits per heavy atom. The van der Waals surface area contributed by atoms with Crippen LogP contribution in [-0.4, -0.2) is 7.05 Å². The Morgan fingerprint density at radius 2 is 1.84 bits per heavy atom. The largest absolute Gasteiger partial charge is 0.388 e. The lowest BCUT2D eigenvalue weighted by Crippen LogP contribution is -2.02. The Kier molecular flexibility index (Phi) is 2.96. The summed E-state index contributed by atoms with van der Waals surface area (Å²) in [5, 5.41) is 3.18. The van der Waals surface area contributed by atoms with E-state index in [4.69, 9.17) is 0 Å². The Bertz CT molecular complexity index is 651. The first kappa shape index (κ1) is 11.8. The van der Waals surface area contributed by atoms with Gasteiger partial charge in [-0.25, -0.2) is 0 Å². The summed E-state index contributed by atoms with van der Waals surface area (Å²) in [6.45, 7) is 4.20. The van der Waals surface area contributed by atoms with E-state index in [0.29, 0.717) is 0 Å². The van der Waals surface area contributed by atoms with Crippen molar-refractivity contribution in [2.24, 2.45) is 0 Å². The normalized spacial score (nSPS) is 13.7.